The molecule has 0 aromatic heterocycles. The van der Waals surface area contributed by atoms with Gasteiger partial charge in [0.25, 0.3) is 0 Å². The summed E-state index contributed by atoms with van der Waals surface area (Å²) in [5.74, 6) is 4.27. The Morgan fingerprint density at radius 3 is 1.24 bits per heavy atom. The van der Waals surface area contributed by atoms with Crippen molar-refractivity contribution in [3.8, 4) is 0 Å². The van der Waals surface area contributed by atoms with Crippen molar-refractivity contribution in [2.45, 2.75) is 37.9 Å². The van der Waals surface area contributed by atoms with Crippen LogP contribution in [0.4, 0.5) is 0 Å². The van der Waals surface area contributed by atoms with E-state index in [2.05, 4.69) is 67.1 Å². The quantitative estimate of drug-likeness (QED) is 0.511. The van der Waals surface area contributed by atoms with Crippen LogP contribution in [0, 0.1) is 0 Å². The fourth-order valence-corrected chi connectivity index (χ4v) is 65.8. The molecule has 3 aliphatic heterocycles. The first-order chi connectivity index (χ1) is 8.23. The summed E-state index contributed by atoms with van der Waals surface area (Å²) in [6.07, 6.45) is 4.45. The van der Waals surface area contributed by atoms with E-state index in [0.29, 0.717) is 0 Å². The molecule has 7 heteroatoms. The fraction of sp³-hybridized carbons (Fsp3) is 1.00. The summed E-state index contributed by atoms with van der Waals surface area (Å²) in [5.41, 5.74) is 0. The van der Waals surface area contributed by atoms with E-state index in [-0.39, 0.29) is 0 Å². The molecule has 0 N–H and O–H groups in total. The zero-order valence-electron chi connectivity index (χ0n) is 9.92. The van der Waals surface area contributed by atoms with Gasteiger partial charge in [-0.15, -0.1) is 0 Å². The molecule has 0 aromatic rings. The van der Waals surface area contributed by atoms with Crippen LogP contribution in [-0.2, 0) is 0 Å². The van der Waals surface area contributed by atoms with E-state index >= 15 is 0 Å². The van der Waals surface area contributed by atoms with Crippen molar-refractivity contribution in [3.63, 3.8) is 0 Å². The van der Waals surface area contributed by atoms with E-state index in [4.69, 9.17) is 0 Å². The van der Waals surface area contributed by atoms with Crippen LogP contribution in [0.5, 0.6) is 0 Å². The average molecular weight is 449 g/mol. The van der Waals surface area contributed by atoms with Crippen molar-refractivity contribution >= 4 is 76.4 Å². The average Bonchev–Trinajstić information content (AvgIpc) is 2.13. The Morgan fingerprint density at radius 2 is 1.06 bits per heavy atom. The summed E-state index contributed by atoms with van der Waals surface area (Å²) in [5, 5.41) is 0. The molecule has 0 radical (unpaired) electrons. The monoisotopic (exact) mass is 450 g/mol. The fourth-order valence-electron chi connectivity index (χ4n) is 1.72. The Bertz CT molecular complexity index is 223. The second kappa shape index (κ2) is 6.77. The van der Waals surface area contributed by atoms with Crippen LogP contribution < -0.4 is 0 Å². The first kappa shape index (κ1) is 14.8. The molecule has 0 bridgehead atoms. The van der Waals surface area contributed by atoms with Crippen LogP contribution in [0.2, 0.25) is 4.94 Å². The summed E-state index contributed by atoms with van der Waals surface area (Å²) >= 11 is 4.67. The summed E-state index contributed by atoms with van der Waals surface area (Å²) < 4.78 is 2.93. The van der Waals surface area contributed by atoms with Gasteiger partial charge in [0.2, 0.25) is 0 Å². The third kappa shape index (κ3) is 4.19. The first-order valence-electron chi connectivity index (χ1n) is 6.12. The maximum absolute atomic E-state index is 2.70. The molecule has 0 spiro atoms. The molecule has 0 amide bonds. The minimum atomic E-state index is -1.96. The Kier molecular flexibility index (Phi) is 5.90. The molecule has 3 aliphatic rings. The number of hydrogen-bond acceptors (Lipinski definition) is 6. The molecular weight excluding hydrogens is 431 g/mol. The molecule has 0 aliphatic carbocycles. The molecule has 3 fully saturated rings. The molecule has 3 rings (SSSR count). The molecule has 17 heavy (non-hydrogen) atoms. The van der Waals surface area contributed by atoms with Gasteiger partial charge in [0.15, 0.2) is 0 Å². The van der Waals surface area contributed by atoms with Crippen LogP contribution in [0.3, 0.4) is 0 Å². The predicted molar refractivity (Wildman–Crippen MR) is 97.0 cm³/mol. The summed E-state index contributed by atoms with van der Waals surface area (Å²) in [6, 6.07) is 0. The van der Waals surface area contributed by atoms with Crippen LogP contribution in [-0.4, -0.2) is 45.2 Å². The van der Waals surface area contributed by atoms with Crippen molar-refractivity contribution in [3.05, 3.63) is 0 Å². The standard InChI is InChI=1S/3C3H6S2.CH3.Sn/c3*4-3-1-2-5-3;;/h3*3-4H,1-2H2;1H3;/q;;;;+3/p-3. The van der Waals surface area contributed by atoms with Crippen LogP contribution in [0.1, 0.15) is 19.3 Å². The second-order valence-electron chi connectivity index (χ2n) is 4.48. The molecule has 0 nitrogen and oxygen atoms in total. The Morgan fingerprint density at radius 1 is 0.765 bits per heavy atom. The van der Waals surface area contributed by atoms with Gasteiger partial charge in [-0.1, -0.05) is 0 Å². The first-order valence-corrected chi connectivity index (χ1v) is 25.2. The summed E-state index contributed by atoms with van der Waals surface area (Å²) in [6.45, 7) is 0. The number of thioether (sulfide) groups is 3. The molecule has 3 saturated heterocycles. The van der Waals surface area contributed by atoms with Crippen molar-refractivity contribution in [2.75, 3.05) is 17.3 Å². The molecule has 0 saturated carbocycles. The summed E-state index contributed by atoms with van der Waals surface area (Å²) in [4.78, 5) is 2.70. The molecule has 3 atom stereocenters. The minimum absolute atomic E-state index is 0.978. The van der Waals surface area contributed by atoms with Gasteiger partial charge in [0.05, 0.1) is 0 Å². The molecule has 98 valence electrons. The SMILES string of the molecule is [CH3][Sn]([S]C1CCS1)([S]C1CCS1)[S]C1CCS1. The maximum atomic E-state index is 2.70. The van der Waals surface area contributed by atoms with E-state index in [9.17, 15) is 0 Å². The second-order valence-corrected chi connectivity index (χ2v) is 44.3. The van der Waals surface area contributed by atoms with Crippen LogP contribution in [0.15, 0.2) is 0 Å². The van der Waals surface area contributed by atoms with E-state index in [1.54, 1.807) is 0 Å². The van der Waals surface area contributed by atoms with Crippen molar-refractivity contribution < 1.29 is 0 Å². The molecule has 3 unspecified atom stereocenters. The van der Waals surface area contributed by atoms with E-state index in [1.807, 2.05) is 0 Å². The van der Waals surface area contributed by atoms with Crippen molar-refractivity contribution in [2.24, 2.45) is 0 Å². The number of hydrogen-bond donors (Lipinski definition) is 0. The van der Waals surface area contributed by atoms with Gasteiger partial charge in [0.1, 0.15) is 0 Å². The van der Waals surface area contributed by atoms with Gasteiger partial charge in [-0.2, -0.15) is 0 Å². The normalized spacial score (nSPS) is 39.7. The van der Waals surface area contributed by atoms with Crippen LogP contribution >= 0.6 is 62.1 Å². The van der Waals surface area contributed by atoms with Gasteiger partial charge in [-0.25, -0.2) is 0 Å². The summed E-state index contributed by atoms with van der Waals surface area (Å²) in [7, 11) is 7.38. The van der Waals surface area contributed by atoms with Crippen LogP contribution in [0.25, 0.3) is 0 Å². The van der Waals surface area contributed by atoms with E-state index in [0.717, 1.165) is 13.7 Å². The molecule has 3 heterocycles. The van der Waals surface area contributed by atoms with E-state index < -0.39 is 14.2 Å². The predicted octanol–water partition coefficient (Wildman–Crippen LogP) is 5.14. The van der Waals surface area contributed by atoms with Gasteiger partial charge < -0.3 is 0 Å². The Hall–Kier alpha value is 2.90. The molecule has 0 aromatic carbocycles. The van der Waals surface area contributed by atoms with E-state index in [1.165, 1.54) is 36.5 Å². The molecular formula is C10H18S6Sn. The van der Waals surface area contributed by atoms with Crippen molar-refractivity contribution in [1.82, 2.24) is 0 Å². The van der Waals surface area contributed by atoms with Gasteiger partial charge in [0, 0.05) is 0 Å². The van der Waals surface area contributed by atoms with Gasteiger partial charge in [-0.05, 0) is 0 Å². The zero-order chi connectivity index (χ0) is 11.7. The Labute approximate surface area is 130 Å². The number of rotatable bonds is 6. The zero-order valence-corrected chi connectivity index (χ0v) is 17.7. The third-order valence-corrected chi connectivity index (χ3v) is 45.4. The van der Waals surface area contributed by atoms with Crippen molar-refractivity contribution in [1.29, 1.82) is 0 Å². The Balaban J connectivity index is 1.55. The van der Waals surface area contributed by atoms with Gasteiger partial charge >= 0.3 is 132 Å². The van der Waals surface area contributed by atoms with Gasteiger partial charge in [-0.3, -0.25) is 0 Å². The topological polar surface area (TPSA) is 0 Å². The third-order valence-electron chi connectivity index (χ3n) is 3.01.